The highest BCUT2D eigenvalue weighted by molar-refractivity contribution is 9.10. The molecule has 3 heterocycles. The molecule has 0 atom stereocenters. The first-order valence-corrected chi connectivity index (χ1v) is 9.17. The largest absolute Gasteiger partial charge is 0.493 e. The van der Waals surface area contributed by atoms with Crippen molar-refractivity contribution in [3.63, 3.8) is 0 Å². The van der Waals surface area contributed by atoms with Gasteiger partial charge in [-0.25, -0.2) is 9.97 Å². The molecule has 1 aromatic carbocycles. The van der Waals surface area contributed by atoms with E-state index >= 15 is 0 Å². The van der Waals surface area contributed by atoms with Crippen LogP contribution in [0.3, 0.4) is 0 Å². The molecule has 0 unspecified atom stereocenters. The fourth-order valence-electron chi connectivity index (χ4n) is 3.29. The predicted molar refractivity (Wildman–Crippen MR) is 94.3 cm³/mol. The highest BCUT2D eigenvalue weighted by atomic mass is 79.9. The van der Waals surface area contributed by atoms with Gasteiger partial charge in [-0.15, -0.1) is 0 Å². The molecule has 0 spiro atoms. The van der Waals surface area contributed by atoms with Crippen LogP contribution in [-0.2, 0) is 13.0 Å². The topological polar surface area (TPSA) is 47.5 Å². The molecule has 6 heteroatoms. The first-order valence-electron chi connectivity index (χ1n) is 8.37. The van der Waals surface area contributed by atoms with Gasteiger partial charge >= 0.3 is 6.01 Å². The number of aromatic nitrogens is 2. The van der Waals surface area contributed by atoms with Crippen molar-refractivity contribution in [3.8, 4) is 11.8 Å². The average molecular weight is 390 g/mol. The maximum absolute atomic E-state index is 5.88. The van der Waals surface area contributed by atoms with Crippen LogP contribution in [0.1, 0.15) is 24.0 Å². The number of nitrogens with zero attached hydrogens (tertiary/aromatic N) is 3. The third-order valence-corrected chi connectivity index (χ3v) is 4.97. The number of hydrogen-bond acceptors (Lipinski definition) is 5. The van der Waals surface area contributed by atoms with E-state index in [2.05, 4.69) is 49.0 Å². The molecule has 0 saturated carbocycles. The summed E-state index contributed by atoms with van der Waals surface area (Å²) in [4.78, 5) is 10.9. The first-order chi connectivity index (χ1) is 11.8. The van der Waals surface area contributed by atoms with Crippen LogP contribution in [0.2, 0.25) is 0 Å². The van der Waals surface area contributed by atoms with E-state index in [1.165, 1.54) is 11.1 Å². The Bertz CT molecular complexity index is 700. The second-order valence-electron chi connectivity index (χ2n) is 6.32. The van der Waals surface area contributed by atoms with E-state index in [0.717, 1.165) is 55.7 Å². The van der Waals surface area contributed by atoms with Gasteiger partial charge in [-0.2, -0.15) is 0 Å². The summed E-state index contributed by atoms with van der Waals surface area (Å²) in [6.45, 7) is 3.89. The Balaban J connectivity index is 1.29. The Kier molecular flexibility index (Phi) is 4.67. The van der Waals surface area contributed by atoms with Crippen molar-refractivity contribution in [2.45, 2.75) is 31.9 Å². The summed E-state index contributed by atoms with van der Waals surface area (Å²) in [6.07, 6.45) is 6.69. The number of piperidine rings is 1. The van der Waals surface area contributed by atoms with Crippen LogP contribution in [-0.4, -0.2) is 40.7 Å². The fraction of sp³-hybridized carbons (Fsp3) is 0.444. The maximum Gasteiger partial charge on any atom is 0.316 e. The zero-order valence-corrected chi connectivity index (χ0v) is 15.0. The van der Waals surface area contributed by atoms with Gasteiger partial charge in [0.05, 0.1) is 11.1 Å². The van der Waals surface area contributed by atoms with Crippen molar-refractivity contribution in [2.24, 2.45) is 0 Å². The Labute approximate surface area is 150 Å². The molecule has 0 radical (unpaired) electrons. The van der Waals surface area contributed by atoms with Gasteiger partial charge in [0.15, 0.2) is 0 Å². The molecule has 1 fully saturated rings. The van der Waals surface area contributed by atoms with Crippen molar-refractivity contribution in [2.75, 3.05) is 19.7 Å². The average Bonchev–Trinajstić information content (AvgIpc) is 3.06. The highest BCUT2D eigenvalue weighted by Crippen LogP contribution is 2.27. The quantitative estimate of drug-likeness (QED) is 0.803. The van der Waals surface area contributed by atoms with Crippen molar-refractivity contribution >= 4 is 15.9 Å². The summed E-state index contributed by atoms with van der Waals surface area (Å²) in [6, 6.07) is 7.05. The highest BCUT2D eigenvalue weighted by Gasteiger charge is 2.22. The Morgan fingerprint density at radius 3 is 2.79 bits per heavy atom. The Hall–Kier alpha value is -1.66. The summed E-state index contributed by atoms with van der Waals surface area (Å²) in [7, 11) is 0. The third kappa shape index (κ3) is 3.70. The van der Waals surface area contributed by atoms with Gasteiger partial charge in [0.1, 0.15) is 11.9 Å². The van der Waals surface area contributed by atoms with Gasteiger partial charge in [0, 0.05) is 38.4 Å². The van der Waals surface area contributed by atoms with Crippen LogP contribution in [0.5, 0.6) is 11.8 Å². The van der Waals surface area contributed by atoms with E-state index in [1.807, 2.05) is 0 Å². The van der Waals surface area contributed by atoms with E-state index in [9.17, 15) is 0 Å². The number of fused-ring (bicyclic) bond motifs is 1. The predicted octanol–water partition coefficient (Wildman–Crippen LogP) is 3.22. The van der Waals surface area contributed by atoms with Crippen LogP contribution in [0.15, 0.2) is 35.1 Å². The smallest absolute Gasteiger partial charge is 0.316 e. The van der Waals surface area contributed by atoms with Crippen LogP contribution >= 0.6 is 15.9 Å². The lowest BCUT2D eigenvalue weighted by molar-refractivity contribution is 0.0892. The molecule has 1 aromatic heterocycles. The lowest BCUT2D eigenvalue weighted by Crippen LogP contribution is -2.38. The van der Waals surface area contributed by atoms with Gasteiger partial charge in [-0.1, -0.05) is 12.1 Å². The minimum Gasteiger partial charge on any atom is -0.493 e. The zero-order chi connectivity index (χ0) is 16.4. The van der Waals surface area contributed by atoms with E-state index in [-0.39, 0.29) is 6.10 Å². The summed E-state index contributed by atoms with van der Waals surface area (Å²) in [5.41, 5.74) is 2.72. The SMILES string of the molecule is Brc1cnc(OC2CCN(Cc3ccc4c(c3)CCO4)CC2)nc1. The number of ether oxygens (including phenoxy) is 2. The lowest BCUT2D eigenvalue weighted by Gasteiger charge is -2.31. The normalized spacial score (nSPS) is 18.2. The minimum atomic E-state index is 0.204. The third-order valence-electron chi connectivity index (χ3n) is 4.56. The molecule has 5 nitrogen and oxygen atoms in total. The van der Waals surface area contributed by atoms with Gasteiger partial charge < -0.3 is 9.47 Å². The fourth-order valence-corrected chi connectivity index (χ4v) is 3.50. The number of rotatable bonds is 4. The van der Waals surface area contributed by atoms with Crippen LogP contribution in [0, 0.1) is 0 Å². The standard InChI is InChI=1S/C18H20BrN3O2/c19-15-10-20-18(21-11-15)24-16-3-6-22(7-4-16)12-13-1-2-17-14(9-13)5-8-23-17/h1-2,9-11,16H,3-8,12H2. The summed E-state index contributed by atoms with van der Waals surface area (Å²) >= 11 is 3.33. The number of benzene rings is 1. The van der Waals surface area contributed by atoms with E-state index in [0.29, 0.717) is 6.01 Å². The van der Waals surface area contributed by atoms with E-state index in [1.54, 1.807) is 12.4 Å². The summed E-state index contributed by atoms with van der Waals surface area (Å²) in [5.74, 6) is 1.06. The maximum atomic E-state index is 5.88. The summed E-state index contributed by atoms with van der Waals surface area (Å²) in [5, 5.41) is 0. The number of halogens is 1. The Morgan fingerprint density at radius 2 is 2.00 bits per heavy atom. The van der Waals surface area contributed by atoms with Crippen molar-refractivity contribution < 1.29 is 9.47 Å². The monoisotopic (exact) mass is 389 g/mol. The molecular weight excluding hydrogens is 370 g/mol. The molecule has 24 heavy (non-hydrogen) atoms. The van der Waals surface area contributed by atoms with Crippen molar-refractivity contribution in [1.82, 2.24) is 14.9 Å². The van der Waals surface area contributed by atoms with Gasteiger partial charge in [-0.3, -0.25) is 4.90 Å². The van der Waals surface area contributed by atoms with E-state index < -0.39 is 0 Å². The number of likely N-dealkylation sites (tertiary alicyclic amines) is 1. The molecule has 2 aliphatic rings. The second kappa shape index (κ2) is 7.07. The molecular formula is C18H20BrN3O2. The first kappa shape index (κ1) is 15.8. The molecule has 4 rings (SSSR count). The molecule has 0 amide bonds. The van der Waals surface area contributed by atoms with Crippen molar-refractivity contribution in [1.29, 1.82) is 0 Å². The van der Waals surface area contributed by atoms with Crippen LogP contribution in [0.25, 0.3) is 0 Å². The van der Waals surface area contributed by atoms with Crippen LogP contribution < -0.4 is 9.47 Å². The molecule has 0 N–H and O–H groups in total. The second-order valence-corrected chi connectivity index (χ2v) is 7.23. The molecule has 0 bridgehead atoms. The number of hydrogen-bond donors (Lipinski definition) is 0. The van der Waals surface area contributed by atoms with Crippen molar-refractivity contribution in [3.05, 3.63) is 46.2 Å². The van der Waals surface area contributed by atoms with E-state index in [4.69, 9.17) is 9.47 Å². The van der Waals surface area contributed by atoms with Gasteiger partial charge in [-0.05, 0) is 46.0 Å². The molecule has 1 saturated heterocycles. The Morgan fingerprint density at radius 1 is 1.21 bits per heavy atom. The molecule has 2 aromatic rings. The summed E-state index contributed by atoms with van der Waals surface area (Å²) < 4.78 is 12.3. The molecule has 126 valence electrons. The van der Waals surface area contributed by atoms with Gasteiger partial charge in [0.2, 0.25) is 0 Å². The minimum absolute atomic E-state index is 0.204. The van der Waals surface area contributed by atoms with Gasteiger partial charge in [0.25, 0.3) is 0 Å². The van der Waals surface area contributed by atoms with Crippen LogP contribution in [0.4, 0.5) is 0 Å². The molecule has 2 aliphatic heterocycles. The molecule has 0 aliphatic carbocycles. The zero-order valence-electron chi connectivity index (χ0n) is 13.4. The lowest BCUT2D eigenvalue weighted by atomic mass is 10.0.